The summed E-state index contributed by atoms with van der Waals surface area (Å²) in [4.78, 5) is 24.0. The van der Waals surface area contributed by atoms with Crippen LogP contribution < -0.4 is 15.4 Å². The summed E-state index contributed by atoms with van der Waals surface area (Å²) in [6.07, 6.45) is 8.20. The molecule has 2 amide bonds. The number of carbonyl (C=O) groups excluding carboxylic acids is 1. The monoisotopic (exact) mass is 429 g/mol. The molecule has 2 fully saturated rings. The average molecular weight is 430 g/mol. The van der Waals surface area contributed by atoms with Crippen molar-refractivity contribution in [2.24, 2.45) is 5.41 Å². The zero-order valence-corrected chi connectivity index (χ0v) is 18.0. The second-order valence-electron chi connectivity index (χ2n) is 8.31. The number of nitrogens with zero attached hydrogens (tertiary/aromatic N) is 3. The lowest BCUT2D eigenvalue weighted by atomic mass is 9.80. The molecular formula is C21H27N5O3S. The molecule has 160 valence electrons. The molecule has 9 heteroatoms. The predicted molar refractivity (Wildman–Crippen MR) is 117 cm³/mol. The fourth-order valence-electron chi connectivity index (χ4n) is 4.75. The maximum atomic E-state index is 12.9. The fraction of sp³-hybridized carbons (Fsp3) is 0.571. The second kappa shape index (κ2) is 8.13. The van der Waals surface area contributed by atoms with Gasteiger partial charge in [0.25, 0.3) is 0 Å². The number of fused-ring (bicyclic) bond motifs is 1. The van der Waals surface area contributed by atoms with E-state index in [2.05, 4.69) is 26.7 Å². The Kier molecular flexibility index (Phi) is 5.34. The summed E-state index contributed by atoms with van der Waals surface area (Å²) < 4.78 is 11.8. The van der Waals surface area contributed by atoms with Crippen LogP contribution in [0.2, 0.25) is 0 Å². The van der Waals surface area contributed by atoms with Crippen molar-refractivity contribution in [3.05, 3.63) is 17.8 Å². The van der Waals surface area contributed by atoms with Gasteiger partial charge >= 0.3 is 6.03 Å². The smallest absolute Gasteiger partial charge is 0.323 e. The van der Waals surface area contributed by atoms with Crippen molar-refractivity contribution in [2.45, 2.75) is 25.7 Å². The lowest BCUT2D eigenvalue weighted by Crippen LogP contribution is -2.43. The number of anilines is 1. The van der Waals surface area contributed by atoms with Crippen molar-refractivity contribution in [3.63, 3.8) is 0 Å². The van der Waals surface area contributed by atoms with Gasteiger partial charge in [0.15, 0.2) is 5.13 Å². The minimum atomic E-state index is -0.0738. The Morgan fingerprint density at radius 1 is 1.43 bits per heavy atom. The van der Waals surface area contributed by atoms with Gasteiger partial charge < -0.3 is 19.7 Å². The first-order valence-electron chi connectivity index (χ1n) is 10.5. The molecule has 0 aliphatic carbocycles. The fourth-order valence-corrected chi connectivity index (χ4v) is 5.74. The average Bonchev–Trinajstić information content (AvgIpc) is 3.38. The summed E-state index contributed by atoms with van der Waals surface area (Å²) in [5.74, 6) is 0.478. The molecule has 2 aromatic rings. The van der Waals surface area contributed by atoms with E-state index in [9.17, 15) is 4.79 Å². The number of methoxy groups -OCH3 is 1. The molecule has 5 rings (SSSR count). The molecule has 2 aromatic heterocycles. The summed E-state index contributed by atoms with van der Waals surface area (Å²) in [7, 11) is 1.59. The van der Waals surface area contributed by atoms with Crippen LogP contribution in [-0.2, 0) is 4.74 Å². The maximum Gasteiger partial charge on any atom is 0.323 e. The van der Waals surface area contributed by atoms with Gasteiger partial charge in [0.05, 0.1) is 25.0 Å². The quantitative estimate of drug-likeness (QED) is 0.779. The number of thiazole rings is 1. The first kappa shape index (κ1) is 19.7. The summed E-state index contributed by atoms with van der Waals surface area (Å²) in [5, 5.41) is 7.10. The van der Waals surface area contributed by atoms with Crippen molar-refractivity contribution in [1.82, 2.24) is 20.2 Å². The Bertz CT molecular complexity index is 982. The van der Waals surface area contributed by atoms with Gasteiger partial charge in [-0.05, 0) is 37.8 Å². The molecule has 1 spiro atoms. The van der Waals surface area contributed by atoms with Gasteiger partial charge in [0.1, 0.15) is 5.52 Å². The Labute approximate surface area is 179 Å². The SMILES string of the molecule is COc1ncc(C2=CCOCC2)c2sc(NC(=O)N3CCC4(CCCNC4)C3)nc12. The highest BCUT2D eigenvalue weighted by Crippen LogP contribution is 2.39. The molecule has 3 aliphatic rings. The number of ether oxygens (including phenoxy) is 2. The Morgan fingerprint density at radius 3 is 3.13 bits per heavy atom. The van der Waals surface area contributed by atoms with E-state index in [4.69, 9.17) is 9.47 Å². The van der Waals surface area contributed by atoms with Gasteiger partial charge in [-0.2, -0.15) is 0 Å². The standard InChI is InChI=1S/C21H27N5O3S/c1-28-18-16-17(15(11-23-18)14-3-9-29-10-4-14)30-19(24-16)25-20(27)26-8-6-21(13-26)5-2-7-22-12-21/h3,11,22H,2,4-10,12-13H2,1H3,(H,24,25,27). The highest BCUT2D eigenvalue weighted by Gasteiger charge is 2.40. The molecule has 0 bridgehead atoms. The Hall–Kier alpha value is -2.23. The number of likely N-dealkylation sites (tertiary alicyclic amines) is 1. The van der Waals surface area contributed by atoms with E-state index in [0.717, 1.165) is 49.3 Å². The van der Waals surface area contributed by atoms with Crippen LogP contribution in [0.15, 0.2) is 12.3 Å². The number of hydrogen-bond donors (Lipinski definition) is 2. The van der Waals surface area contributed by atoms with Crippen LogP contribution in [-0.4, -0.2) is 67.4 Å². The summed E-state index contributed by atoms with van der Waals surface area (Å²) in [6.45, 7) is 4.99. The highest BCUT2D eigenvalue weighted by atomic mass is 32.1. The molecule has 30 heavy (non-hydrogen) atoms. The van der Waals surface area contributed by atoms with E-state index in [1.807, 2.05) is 11.1 Å². The van der Waals surface area contributed by atoms with E-state index in [1.54, 1.807) is 7.11 Å². The van der Waals surface area contributed by atoms with Gasteiger partial charge in [0, 0.05) is 36.8 Å². The van der Waals surface area contributed by atoms with Crippen molar-refractivity contribution < 1.29 is 14.3 Å². The minimum Gasteiger partial charge on any atom is -0.479 e. The van der Waals surface area contributed by atoms with Gasteiger partial charge in [-0.15, -0.1) is 0 Å². The van der Waals surface area contributed by atoms with Crippen LogP contribution in [0.3, 0.4) is 0 Å². The summed E-state index contributed by atoms with van der Waals surface area (Å²) in [5.41, 5.74) is 3.17. The molecule has 3 aliphatic heterocycles. The number of aromatic nitrogens is 2. The molecule has 1 atom stereocenters. The topological polar surface area (TPSA) is 88.6 Å². The van der Waals surface area contributed by atoms with Crippen LogP contribution in [0, 0.1) is 5.41 Å². The van der Waals surface area contributed by atoms with Crippen LogP contribution in [0.5, 0.6) is 5.88 Å². The van der Waals surface area contributed by atoms with Gasteiger partial charge in [0.2, 0.25) is 5.88 Å². The number of nitrogens with one attached hydrogen (secondary N) is 2. The zero-order chi connectivity index (χ0) is 20.6. The molecule has 5 heterocycles. The maximum absolute atomic E-state index is 12.9. The van der Waals surface area contributed by atoms with Crippen LogP contribution in [0.1, 0.15) is 31.2 Å². The third kappa shape index (κ3) is 3.66. The van der Waals surface area contributed by atoms with Crippen LogP contribution in [0.25, 0.3) is 15.8 Å². The number of urea groups is 1. The van der Waals surface area contributed by atoms with Crippen molar-refractivity contribution in [3.8, 4) is 5.88 Å². The van der Waals surface area contributed by atoms with Crippen molar-refractivity contribution in [1.29, 1.82) is 0 Å². The number of carbonyl (C=O) groups is 1. The Morgan fingerprint density at radius 2 is 2.37 bits per heavy atom. The molecule has 1 unspecified atom stereocenters. The van der Waals surface area contributed by atoms with E-state index in [-0.39, 0.29) is 11.4 Å². The lowest BCUT2D eigenvalue weighted by Gasteiger charge is -2.33. The van der Waals surface area contributed by atoms with E-state index in [1.165, 1.54) is 29.8 Å². The second-order valence-corrected chi connectivity index (χ2v) is 9.31. The Balaban J connectivity index is 1.38. The third-order valence-electron chi connectivity index (χ3n) is 6.39. The number of hydrogen-bond acceptors (Lipinski definition) is 7. The van der Waals surface area contributed by atoms with Gasteiger partial charge in [-0.1, -0.05) is 17.4 Å². The lowest BCUT2D eigenvalue weighted by molar-refractivity contribution is 0.161. The molecular weight excluding hydrogens is 402 g/mol. The van der Waals surface area contributed by atoms with Crippen molar-refractivity contribution in [2.75, 3.05) is 51.8 Å². The van der Waals surface area contributed by atoms with Crippen LogP contribution in [0.4, 0.5) is 9.93 Å². The molecule has 0 radical (unpaired) electrons. The highest BCUT2D eigenvalue weighted by molar-refractivity contribution is 7.22. The largest absolute Gasteiger partial charge is 0.479 e. The zero-order valence-electron chi connectivity index (χ0n) is 17.2. The molecule has 8 nitrogen and oxygen atoms in total. The normalized spacial score (nSPS) is 24.3. The molecule has 2 saturated heterocycles. The van der Waals surface area contributed by atoms with E-state index < -0.39 is 0 Å². The first-order chi connectivity index (χ1) is 14.7. The summed E-state index contributed by atoms with van der Waals surface area (Å²) >= 11 is 1.48. The van der Waals surface area contributed by atoms with Crippen LogP contribution >= 0.6 is 11.3 Å². The number of rotatable bonds is 3. The van der Waals surface area contributed by atoms with E-state index in [0.29, 0.717) is 29.7 Å². The van der Waals surface area contributed by atoms with E-state index >= 15 is 0 Å². The predicted octanol–water partition coefficient (Wildman–Crippen LogP) is 3.11. The van der Waals surface area contributed by atoms with Crippen molar-refractivity contribution >= 4 is 38.3 Å². The van der Waals surface area contributed by atoms with Gasteiger partial charge in [-0.25, -0.2) is 14.8 Å². The molecule has 0 aromatic carbocycles. The minimum absolute atomic E-state index is 0.0738. The number of piperidine rings is 1. The van der Waals surface area contributed by atoms with Gasteiger partial charge in [-0.3, -0.25) is 5.32 Å². The first-order valence-corrected chi connectivity index (χ1v) is 11.4. The molecule has 0 saturated carbocycles. The third-order valence-corrected chi connectivity index (χ3v) is 7.39. The summed E-state index contributed by atoms with van der Waals surface area (Å²) in [6, 6.07) is -0.0738. The number of amides is 2. The number of pyridine rings is 1. The molecule has 2 N–H and O–H groups in total.